The van der Waals surface area contributed by atoms with E-state index in [-0.39, 0.29) is 29.6 Å². The van der Waals surface area contributed by atoms with Crippen molar-refractivity contribution in [1.29, 1.82) is 0 Å². The van der Waals surface area contributed by atoms with Gasteiger partial charge >= 0.3 is 29.6 Å². The van der Waals surface area contributed by atoms with Crippen LogP contribution in [-0.4, -0.2) is 37.6 Å². The average molecular weight is 204 g/mol. The summed E-state index contributed by atoms with van der Waals surface area (Å²) in [4.78, 5) is 9.83. The maximum absolute atomic E-state index is 10.4. The van der Waals surface area contributed by atoms with Gasteiger partial charge in [0.15, 0.2) is 0 Å². The van der Waals surface area contributed by atoms with Crippen molar-refractivity contribution >= 4 is 15.8 Å². The summed E-state index contributed by atoms with van der Waals surface area (Å²) in [6.07, 6.45) is -1.09. The van der Waals surface area contributed by atoms with Gasteiger partial charge in [0.1, 0.15) is 9.84 Å². The third-order valence-corrected chi connectivity index (χ3v) is 1.89. The number of carbonyl (C=O) groups excluding carboxylic acids is 1. The summed E-state index contributed by atoms with van der Waals surface area (Å²) in [5.74, 6) is -2.00. The molecule has 1 unspecified atom stereocenters. The van der Waals surface area contributed by atoms with Gasteiger partial charge in [0.2, 0.25) is 0 Å². The Morgan fingerprint density at radius 1 is 1.58 bits per heavy atom. The van der Waals surface area contributed by atoms with Gasteiger partial charge in [0.25, 0.3) is 0 Å². The predicted octanol–water partition coefficient (Wildman–Crippen LogP) is -5.46. The molecule has 0 aliphatic heterocycles. The molecule has 0 aromatic carbocycles. The minimum absolute atomic E-state index is 0. The minimum atomic E-state index is -3.31. The number of sulfone groups is 1. The maximum atomic E-state index is 10.4. The second kappa shape index (κ2) is 5.93. The van der Waals surface area contributed by atoms with E-state index < -0.39 is 34.1 Å². The largest absolute Gasteiger partial charge is 1.00 e. The van der Waals surface area contributed by atoms with Crippen LogP contribution in [0.1, 0.15) is 6.42 Å². The maximum Gasteiger partial charge on any atom is 1.00 e. The van der Waals surface area contributed by atoms with E-state index in [1.54, 1.807) is 0 Å². The third-order valence-electron chi connectivity index (χ3n) is 0.897. The molecule has 0 amide bonds. The SMILES string of the molecule is CS(=O)(=O)CC(O)CC(=O)[O-].[Na+]. The van der Waals surface area contributed by atoms with E-state index in [9.17, 15) is 18.3 Å². The molecule has 5 nitrogen and oxygen atoms in total. The van der Waals surface area contributed by atoms with Gasteiger partial charge in [0, 0.05) is 18.6 Å². The molecule has 0 rings (SSSR count). The van der Waals surface area contributed by atoms with Crippen LogP contribution in [-0.2, 0) is 14.6 Å². The summed E-state index contributed by atoms with van der Waals surface area (Å²) in [5.41, 5.74) is 0. The van der Waals surface area contributed by atoms with Crippen LogP contribution in [0, 0.1) is 0 Å². The zero-order valence-electron chi connectivity index (χ0n) is 6.98. The Hall–Kier alpha value is 0.380. The fourth-order valence-electron chi connectivity index (χ4n) is 0.601. The number of hydrogen-bond donors (Lipinski definition) is 1. The number of aliphatic hydroxyl groups is 1. The topological polar surface area (TPSA) is 94.5 Å². The van der Waals surface area contributed by atoms with E-state index in [1.807, 2.05) is 0 Å². The van der Waals surface area contributed by atoms with E-state index in [2.05, 4.69) is 0 Å². The van der Waals surface area contributed by atoms with Gasteiger partial charge in [-0.25, -0.2) is 8.42 Å². The molecule has 0 aromatic rings. The molecule has 0 aliphatic carbocycles. The zero-order chi connectivity index (χ0) is 9.07. The quantitative estimate of drug-likeness (QED) is 0.461. The second-order valence-electron chi connectivity index (χ2n) is 2.32. The summed E-state index contributed by atoms with van der Waals surface area (Å²) >= 11 is 0. The van der Waals surface area contributed by atoms with Gasteiger partial charge in [-0.15, -0.1) is 0 Å². The number of rotatable bonds is 4. The number of carboxylic acid groups (broad SMARTS) is 1. The first kappa shape index (κ1) is 14.9. The van der Waals surface area contributed by atoms with Crippen molar-refractivity contribution < 1.29 is 53.0 Å². The number of carbonyl (C=O) groups is 1. The van der Waals surface area contributed by atoms with Crippen LogP contribution < -0.4 is 34.7 Å². The van der Waals surface area contributed by atoms with E-state index >= 15 is 0 Å². The Balaban J connectivity index is 0. The zero-order valence-corrected chi connectivity index (χ0v) is 9.80. The molecule has 0 heterocycles. The fourth-order valence-corrected chi connectivity index (χ4v) is 1.42. The normalized spacial score (nSPS) is 13.2. The molecule has 0 aromatic heterocycles. The molecule has 7 heteroatoms. The first-order chi connectivity index (χ1) is 4.81. The van der Waals surface area contributed by atoms with Crippen LogP contribution in [0.2, 0.25) is 0 Å². The Morgan fingerprint density at radius 2 is 2.00 bits per heavy atom. The summed E-state index contributed by atoms with van der Waals surface area (Å²) in [6, 6.07) is 0. The molecule has 0 spiro atoms. The van der Waals surface area contributed by atoms with Crippen LogP contribution >= 0.6 is 0 Å². The van der Waals surface area contributed by atoms with E-state index in [4.69, 9.17) is 5.11 Å². The predicted molar refractivity (Wildman–Crippen MR) is 35.3 cm³/mol. The van der Waals surface area contributed by atoms with Crippen LogP contribution in [0.4, 0.5) is 0 Å². The van der Waals surface area contributed by atoms with E-state index in [0.717, 1.165) is 6.26 Å². The summed E-state index contributed by atoms with van der Waals surface area (Å²) in [7, 11) is -3.31. The van der Waals surface area contributed by atoms with Gasteiger partial charge in [-0.2, -0.15) is 0 Å². The number of aliphatic carboxylic acids is 1. The third kappa shape index (κ3) is 10.4. The Morgan fingerprint density at radius 3 is 2.25 bits per heavy atom. The Bertz CT molecular complexity index is 234. The van der Waals surface area contributed by atoms with Gasteiger partial charge in [-0.1, -0.05) is 0 Å². The molecule has 0 radical (unpaired) electrons. The molecule has 0 bridgehead atoms. The van der Waals surface area contributed by atoms with Crippen molar-refractivity contribution in [2.24, 2.45) is 0 Å². The molecule has 12 heavy (non-hydrogen) atoms. The average Bonchev–Trinajstić information content (AvgIpc) is 1.53. The smallest absolute Gasteiger partial charge is 0.550 e. The molecule has 0 fully saturated rings. The van der Waals surface area contributed by atoms with Gasteiger partial charge in [-0.3, -0.25) is 0 Å². The molecule has 66 valence electrons. The second-order valence-corrected chi connectivity index (χ2v) is 4.51. The summed E-state index contributed by atoms with van der Waals surface area (Å²) in [6.45, 7) is 0. The van der Waals surface area contributed by atoms with E-state index in [0.29, 0.717) is 0 Å². The van der Waals surface area contributed by atoms with Gasteiger partial charge in [-0.05, 0) is 0 Å². The first-order valence-corrected chi connectivity index (χ1v) is 4.93. The van der Waals surface area contributed by atoms with Crippen molar-refractivity contribution in [3.05, 3.63) is 0 Å². The minimum Gasteiger partial charge on any atom is -0.550 e. The molecule has 0 saturated heterocycles. The molecule has 1 N–H and O–H groups in total. The van der Waals surface area contributed by atoms with Crippen LogP contribution in [0.3, 0.4) is 0 Å². The Labute approximate surface area is 93.0 Å². The molecule has 0 aliphatic rings. The van der Waals surface area contributed by atoms with Gasteiger partial charge < -0.3 is 15.0 Å². The van der Waals surface area contributed by atoms with Crippen molar-refractivity contribution in [3.8, 4) is 0 Å². The van der Waals surface area contributed by atoms with Crippen LogP contribution in [0.15, 0.2) is 0 Å². The first-order valence-electron chi connectivity index (χ1n) is 2.87. The summed E-state index contributed by atoms with van der Waals surface area (Å²) in [5, 5.41) is 18.6. The molecular weight excluding hydrogens is 195 g/mol. The standard InChI is InChI=1S/C5H10O5S.Na/c1-11(9,10)3-4(6)2-5(7)8;/h4,6H,2-3H2,1H3,(H,7,8);/q;+1/p-1. The molecule has 0 saturated carbocycles. The van der Waals surface area contributed by atoms with Crippen molar-refractivity contribution in [1.82, 2.24) is 0 Å². The molecular formula is C5H9NaO5S. The number of hydrogen-bond acceptors (Lipinski definition) is 5. The fraction of sp³-hybridized carbons (Fsp3) is 0.800. The van der Waals surface area contributed by atoms with Crippen molar-refractivity contribution in [3.63, 3.8) is 0 Å². The number of carboxylic acids is 1. The summed E-state index contributed by atoms with van der Waals surface area (Å²) < 4.78 is 20.9. The number of aliphatic hydroxyl groups excluding tert-OH is 1. The van der Waals surface area contributed by atoms with Crippen LogP contribution in [0.25, 0.3) is 0 Å². The van der Waals surface area contributed by atoms with Crippen LogP contribution in [0.5, 0.6) is 0 Å². The monoisotopic (exact) mass is 204 g/mol. The molecule has 1 atom stereocenters. The van der Waals surface area contributed by atoms with Gasteiger partial charge in [0.05, 0.1) is 11.9 Å². The Kier molecular flexibility index (Phi) is 7.35. The van der Waals surface area contributed by atoms with E-state index in [1.165, 1.54) is 0 Å². The van der Waals surface area contributed by atoms with Crippen molar-refractivity contribution in [2.45, 2.75) is 12.5 Å². The van der Waals surface area contributed by atoms with Crippen molar-refractivity contribution in [2.75, 3.05) is 12.0 Å².